The third kappa shape index (κ3) is 5.56. The first-order chi connectivity index (χ1) is 18.9. The van der Waals surface area contributed by atoms with Crippen molar-refractivity contribution in [3.63, 3.8) is 0 Å². The quantitative estimate of drug-likeness (QED) is 0.212. The van der Waals surface area contributed by atoms with Crippen molar-refractivity contribution in [3.05, 3.63) is 54.2 Å². The van der Waals surface area contributed by atoms with Gasteiger partial charge >= 0.3 is 7.12 Å². The second-order valence-corrected chi connectivity index (χ2v) is 14.7. The van der Waals surface area contributed by atoms with E-state index in [2.05, 4.69) is 65.9 Å². The van der Waals surface area contributed by atoms with Gasteiger partial charge < -0.3 is 25.0 Å². The number of hydrogen-bond donors (Lipinski definition) is 3. The molecule has 214 valence electrons. The van der Waals surface area contributed by atoms with Crippen LogP contribution in [0, 0.1) is 17.8 Å². The zero-order chi connectivity index (χ0) is 28.8. The van der Waals surface area contributed by atoms with Crippen LogP contribution in [0.2, 0.25) is 0 Å². The van der Waals surface area contributed by atoms with Crippen LogP contribution in [0.15, 0.2) is 48.5 Å². The molecule has 1 aliphatic heterocycles. The van der Waals surface area contributed by atoms with Crippen molar-refractivity contribution in [1.29, 1.82) is 0 Å². The summed E-state index contributed by atoms with van der Waals surface area (Å²) in [6, 6.07) is 13.5. The summed E-state index contributed by atoms with van der Waals surface area (Å²) in [5.41, 5.74) is 1.29. The van der Waals surface area contributed by atoms with Crippen molar-refractivity contribution in [2.75, 3.05) is 0 Å². The minimum Gasteiger partial charge on any atom is -0.404 e. The summed E-state index contributed by atoms with van der Waals surface area (Å²) >= 11 is 2.58. The van der Waals surface area contributed by atoms with E-state index in [0.29, 0.717) is 24.0 Å². The van der Waals surface area contributed by atoms with Gasteiger partial charge in [0.1, 0.15) is 11.7 Å². The van der Waals surface area contributed by atoms with Gasteiger partial charge in [0.25, 0.3) is 5.91 Å². The zero-order valence-electron chi connectivity index (χ0n) is 23.8. The smallest absolute Gasteiger partial charge is 0.404 e. The first-order valence-corrected chi connectivity index (χ1v) is 15.3. The van der Waals surface area contributed by atoms with Crippen LogP contribution in [0.4, 0.5) is 0 Å². The van der Waals surface area contributed by atoms with Crippen molar-refractivity contribution in [2.24, 2.45) is 17.8 Å². The predicted molar refractivity (Wildman–Crippen MR) is 163 cm³/mol. The highest BCUT2D eigenvalue weighted by Gasteiger charge is 2.69. The highest BCUT2D eigenvalue weighted by molar-refractivity contribution is 14.1. The van der Waals surface area contributed by atoms with Gasteiger partial charge in [-0.2, -0.15) is 0 Å². The van der Waals surface area contributed by atoms with E-state index in [0.717, 1.165) is 18.4 Å². The molecule has 10 heteroatoms. The molecule has 6 rings (SSSR count). The molecule has 3 saturated carbocycles. The topological polar surface area (TPSA) is 110 Å². The fourth-order valence-corrected chi connectivity index (χ4v) is 8.02. The van der Waals surface area contributed by atoms with Crippen molar-refractivity contribution < 1.29 is 24.0 Å². The molecule has 3 aliphatic carbocycles. The molecule has 1 saturated heterocycles. The van der Waals surface area contributed by atoms with E-state index in [-0.39, 0.29) is 21.1 Å². The van der Waals surface area contributed by atoms with Crippen molar-refractivity contribution in [2.45, 2.75) is 87.1 Å². The molecule has 2 amide bonds. The SMILES string of the molecule is CC(C)CC(NC(=O)C(NC(=O)c1cccc(-c2ccccc2)n1)[C@@H](C)O)B1O[C@@H]2C[C@@H]3C[C@@H](C3(C)I)[C@]2(C)O1. The lowest BCUT2D eigenvalue weighted by atomic mass is 9.51. The molecule has 2 heterocycles. The molecule has 3 N–H and O–H groups in total. The second kappa shape index (κ2) is 11.3. The number of nitrogens with zero attached hydrogens (tertiary/aromatic N) is 1. The molecule has 40 heavy (non-hydrogen) atoms. The molecule has 2 bridgehead atoms. The summed E-state index contributed by atoms with van der Waals surface area (Å²) in [5, 5.41) is 16.3. The number of rotatable bonds is 9. The molecular formula is C30H39BIN3O5. The van der Waals surface area contributed by atoms with Gasteiger partial charge in [-0.1, -0.05) is 72.8 Å². The van der Waals surface area contributed by atoms with Crippen LogP contribution in [-0.4, -0.2) is 62.2 Å². The molecule has 4 aliphatic rings. The molecule has 0 radical (unpaired) electrons. The number of nitrogens with one attached hydrogen (secondary N) is 2. The maximum absolute atomic E-state index is 13.5. The summed E-state index contributed by atoms with van der Waals surface area (Å²) in [5.74, 6) is -0.171. The summed E-state index contributed by atoms with van der Waals surface area (Å²) < 4.78 is 13.3. The Morgan fingerprint density at radius 3 is 2.48 bits per heavy atom. The summed E-state index contributed by atoms with van der Waals surface area (Å²) in [7, 11) is -0.595. The molecule has 1 aromatic heterocycles. The highest BCUT2D eigenvalue weighted by Crippen LogP contribution is 2.65. The number of aliphatic hydroxyl groups excluding tert-OH is 1. The van der Waals surface area contributed by atoms with Gasteiger partial charge in [0.05, 0.1) is 29.4 Å². The number of carbonyl (C=O) groups excluding carboxylic acids is 2. The lowest BCUT2D eigenvalue weighted by molar-refractivity contribution is -0.131. The lowest BCUT2D eigenvalue weighted by Crippen LogP contribution is -2.67. The van der Waals surface area contributed by atoms with Gasteiger partial charge in [-0.05, 0) is 64.0 Å². The normalized spacial score (nSPS) is 31.1. The van der Waals surface area contributed by atoms with Crippen LogP contribution in [0.1, 0.15) is 64.4 Å². The molecule has 0 spiro atoms. The number of carbonyl (C=O) groups is 2. The van der Waals surface area contributed by atoms with E-state index in [1.165, 1.54) is 6.92 Å². The molecule has 4 fully saturated rings. The average molecular weight is 659 g/mol. The van der Waals surface area contributed by atoms with E-state index in [1.807, 2.05) is 36.4 Å². The van der Waals surface area contributed by atoms with Crippen LogP contribution in [-0.2, 0) is 14.1 Å². The molecule has 2 aromatic rings. The minimum atomic E-state index is -1.17. The number of halogens is 1. The Morgan fingerprint density at radius 1 is 1.10 bits per heavy atom. The van der Waals surface area contributed by atoms with Crippen LogP contribution in [0.5, 0.6) is 0 Å². The Morgan fingerprint density at radius 2 is 1.82 bits per heavy atom. The van der Waals surface area contributed by atoms with Crippen molar-refractivity contribution >= 4 is 41.5 Å². The van der Waals surface area contributed by atoms with Gasteiger partial charge in [0, 0.05) is 14.9 Å². The Bertz CT molecular complexity index is 1240. The lowest BCUT2D eigenvalue weighted by Gasteiger charge is -2.63. The Kier molecular flexibility index (Phi) is 8.36. The van der Waals surface area contributed by atoms with Crippen molar-refractivity contribution in [1.82, 2.24) is 15.6 Å². The van der Waals surface area contributed by atoms with Gasteiger partial charge in [0.2, 0.25) is 5.91 Å². The number of aliphatic hydroxyl groups is 1. The fourth-order valence-electron chi connectivity index (χ4n) is 6.64. The van der Waals surface area contributed by atoms with E-state index >= 15 is 0 Å². The largest absolute Gasteiger partial charge is 0.481 e. The number of aromatic nitrogens is 1. The number of alkyl halides is 1. The standard InChI is InChI=1S/C30H39BIN3O5/c1-17(2)14-25(31-39-24-16-20-15-23(29(20,4)32)30(24,5)40-31)34-28(38)26(18(3)36)35-27(37)22-13-9-12-21(33-22)19-10-7-6-8-11-19/h6-13,17-18,20,23-26,36H,14-16H2,1-5H3,(H,34,38)(H,35,37)/t18-,20+,23+,24-,25?,26?,29?,30+/m1/s1. The predicted octanol–water partition coefficient (Wildman–Crippen LogP) is 4.19. The molecular weight excluding hydrogens is 620 g/mol. The van der Waals surface area contributed by atoms with Gasteiger partial charge in [-0.15, -0.1) is 0 Å². The Hall–Kier alpha value is -2.02. The monoisotopic (exact) mass is 659 g/mol. The highest BCUT2D eigenvalue weighted by atomic mass is 127. The third-order valence-corrected chi connectivity index (χ3v) is 10.6. The number of hydrogen-bond acceptors (Lipinski definition) is 6. The first-order valence-electron chi connectivity index (χ1n) is 14.2. The summed E-state index contributed by atoms with van der Waals surface area (Å²) in [4.78, 5) is 31.2. The second-order valence-electron chi connectivity index (χ2n) is 12.4. The third-order valence-electron chi connectivity index (χ3n) is 8.98. The molecule has 8 nitrogen and oxygen atoms in total. The molecule has 1 aromatic carbocycles. The van der Waals surface area contributed by atoms with Gasteiger partial charge in [-0.3, -0.25) is 9.59 Å². The first kappa shape index (κ1) is 29.5. The number of benzene rings is 1. The zero-order valence-corrected chi connectivity index (χ0v) is 25.9. The van der Waals surface area contributed by atoms with E-state index < -0.39 is 42.6 Å². The molecule has 3 unspecified atom stereocenters. The average Bonchev–Trinajstić information content (AvgIpc) is 3.28. The summed E-state index contributed by atoms with van der Waals surface area (Å²) in [6.45, 7) is 10.1. The van der Waals surface area contributed by atoms with Crippen LogP contribution >= 0.6 is 22.6 Å². The summed E-state index contributed by atoms with van der Waals surface area (Å²) in [6.07, 6.45) is 1.59. The van der Waals surface area contributed by atoms with E-state index in [4.69, 9.17) is 9.31 Å². The van der Waals surface area contributed by atoms with E-state index in [9.17, 15) is 14.7 Å². The Balaban J connectivity index is 1.29. The molecule has 8 atom stereocenters. The van der Waals surface area contributed by atoms with Crippen LogP contribution in [0.25, 0.3) is 11.3 Å². The number of amides is 2. The van der Waals surface area contributed by atoms with E-state index in [1.54, 1.807) is 12.1 Å². The maximum Gasteiger partial charge on any atom is 0.481 e. The Labute approximate surface area is 250 Å². The minimum absolute atomic E-state index is 0.00844. The van der Waals surface area contributed by atoms with Crippen LogP contribution < -0.4 is 10.6 Å². The van der Waals surface area contributed by atoms with Gasteiger partial charge in [-0.25, -0.2) is 4.98 Å². The van der Waals surface area contributed by atoms with Gasteiger partial charge in [0.15, 0.2) is 0 Å². The number of pyridine rings is 1. The fraction of sp³-hybridized carbons (Fsp3) is 0.567. The van der Waals surface area contributed by atoms with Crippen LogP contribution in [0.3, 0.4) is 0 Å². The maximum atomic E-state index is 13.5. The van der Waals surface area contributed by atoms with Crippen molar-refractivity contribution in [3.8, 4) is 11.3 Å².